The largest absolute Gasteiger partial charge is 0.453 e. The molecule has 18 heavy (non-hydrogen) atoms. The van der Waals surface area contributed by atoms with Crippen molar-refractivity contribution in [3.8, 4) is 11.3 Å². The summed E-state index contributed by atoms with van der Waals surface area (Å²) in [5, 5.41) is 0.620. The molecule has 2 nitrogen and oxygen atoms in total. The van der Waals surface area contributed by atoms with Gasteiger partial charge in [0.15, 0.2) is 12.0 Å². The maximum Gasteiger partial charge on any atom is 0.185 e. The third-order valence-corrected chi connectivity index (χ3v) is 3.17. The predicted octanol–water partition coefficient (Wildman–Crippen LogP) is 4.71. The number of halogens is 1. The minimum Gasteiger partial charge on any atom is -0.453 e. The number of hydrogen-bond donors (Lipinski definition) is 0. The zero-order valence-corrected chi connectivity index (χ0v) is 11.4. The Morgan fingerprint density at radius 1 is 1.17 bits per heavy atom. The average molecular weight is 263 g/mol. The van der Waals surface area contributed by atoms with E-state index < -0.39 is 0 Å². The highest BCUT2D eigenvalue weighted by Gasteiger charge is 2.17. The second-order valence-electron chi connectivity index (χ2n) is 5.26. The molecule has 94 valence electrons. The smallest absolute Gasteiger partial charge is 0.185 e. The van der Waals surface area contributed by atoms with E-state index in [1.165, 1.54) is 5.56 Å². The Bertz CT molecular complexity index is 576. The van der Waals surface area contributed by atoms with Gasteiger partial charge in [-0.25, -0.2) is 0 Å². The molecule has 0 aliphatic rings. The van der Waals surface area contributed by atoms with Gasteiger partial charge in [-0.1, -0.05) is 38.4 Å². The summed E-state index contributed by atoms with van der Waals surface area (Å²) in [6, 6.07) is 9.28. The Morgan fingerprint density at radius 2 is 1.89 bits per heavy atom. The van der Waals surface area contributed by atoms with Crippen molar-refractivity contribution in [2.45, 2.75) is 26.2 Å². The summed E-state index contributed by atoms with van der Waals surface area (Å²) in [5.41, 5.74) is 2.03. The summed E-state index contributed by atoms with van der Waals surface area (Å²) in [7, 11) is 0. The third kappa shape index (κ3) is 2.49. The first-order chi connectivity index (χ1) is 8.41. The lowest BCUT2D eigenvalue weighted by molar-refractivity contribution is 0.110. The van der Waals surface area contributed by atoms with Gasteiger partial charge in [0.2, 0.25) is 0 Å². The van der Waals surface area contributed by atoms with Crippen molar-refractivity contribution in [3.63, 3.8) is 0 Å². The Hall–Kier alpha value is -1.54. The molecular formula is C15H15ClO2. The van der Waals surface area contributed by atoms with Crippen LogP contribution in [-0.2, 0) is 5.41 Å². The molecule has 0 atom stereocenters. The summed E-state index contributed by atoms with van der Waals surface area (Å²) < 4.78 is 5.41. The summed E-state index contributed by atoms with van der Waals surface area (Å²) in [6.45, 7) is 6.41. The second kappa shape index (κ2) is 4.62. The van der Waals surface area contributed by atoms with E-state index in [2.05, 4.69) is 20.8 Å². The zero-order valence-electron chi connectivity index (χ0n) is 10.7. The van der Waals surface area contributed by atoms with Crippen LogP contribution in [0.4, 0.5) is 0 Å². The molecule has 0 spiro atoms. The molecule has 0 radical (unpaired) electrons. The van der Waals surface area contributed by atoms with Crippen LogP contribution in [0.25, 0.3) is 11.3 Å². The van der Waals surface area contributed by atoms with Gasteiger partial charge in [-0.2, -0.15) is 0 Å². The number of carbonyl (C=O) groups is 1. The minimum absolute atomic E-state index is 0.0411. The van der Waals surface area contributed by atoms with E-state index in [1.807, 2.05) is 18.2 Å². The molecule has 0 unspecified atom stereocenters. The molecule has 0 aliphatic carbocycles. The topological polar surface area (TPSA) is 30.2 Å². The van der Waals surface area contributed by atoms with Crippen LogP contribution < -0.4 is 0 Å². The van der Waals surface area contributed by atoms with Crippen molar-refractivity contribution >= 4 is 17.9 Å². The molecule has 0 saturated heterocycles. The van der Waals surface area contributed by atoms with Gasteiger partial charge < -0.3 is 4.42 Å². The first kappa shape index (κ1) is 12.9. The van der Waals surface area contributed by atoms with Gasteiger partial charge in [-0.3, -0.25) is 4.79 Å². The van der Waals surface area contributed by atoms with Gasteiger partial charge in [-0.05, 0) is 35.2 Å². The Balaban J connectivity index is 2.52. The van der Waals surface area contributed by atoms with Crippen molar-refractivity contribution < 1.29 is 9.21 Å². The van der Waals surface area contributed by atoms with Gasteiger partial charge in [0.05, 0.1) is 5.02 Å². The van der Waals surface area contributed by atoms with E-state index in [9.17, 15) is 4.79 Å². The predicted molar refractivity (Wildman–Crippen MR) is 73.2 cm³/mol. The van der Waals surface area contributed by atoms with E-state index in [-0.39, 0.29) is 5.41 Å². The van der Waals surface area contributed by atoms with Crippen LogP contribution in [0.3, 0.4) is 0 Å². The lowest BCUT2D eigenvalue weighted by Crippen LogP contribution is -2.10. The third-order valence-electron chi connectivity index (χ3n) is 2.84. The highest BCUT2D eigenvalue weighted by Crippen LogP contribution is 2.33. The van der Waals surface area contributed by atoms with Crippen molar-refractivity contribution in [2.24, 2.45) is 0 Å². The maximum absolute atomic E-state index is 10.6. The highest BCUT2D eigenvalue weighted by molar-refractivity contribution is 6.33. The summed E-state index contributed by atoms with van der Waals surface area (Å²) in [4.78, 5) is 10.6. The van der Waals surface area contributed by atoms with Gasteiger partial charge in [0, 0.05) is 5.56 Å². The second-order valence-corrected chi connectivity index (χ2v) is 5.67. The zero-order chi connectivity index (χ0) is 13.3. The molecule has 0 N–H and O–H groups in total. The first-order valence-corrected chi connectivity index (χ1v) is 6.15. The van der Waals surface area contributed by atoms with Gasteiger partial charge in [0.25, 0.3) is 0 Å². The van der Waals surface area contributed by atoms with Crippen LogP contribution in [-0.4, -0.2) is 6.29 Å². The van der Waals surface area contributed by atoms with Crippen LogP contribution in [0, 0.1) is 0 Å². The van der Waals surface area contributed by atoms with Crippen LogP contribution >= 0.6 is 11.6 Å². The molecule has 2 aromatic rings. The molecule has 0 bridgehead atoms. The van der Waals surface area contributed by atoms with Gasteiger partial charge >= 0.3 is 0 Å². The molecule has 1 aromatic carbocycles. The van der Waals surface area contributed by atoms with Crippen molar-refractivity contribution in [2.75, 3.05) is 0 Å². The molecule has 1 heterocycles. The van der Waals surface area contributed by atoms with Crippen LogP contribution in [0.2, 0.25) is 5.02 Å². The van der Waals surface area contributed by atoms with Crippen LogP contribution in [0.5, 0.6) is 0 Å². The quantitative estimate of drug-likeness (QED) is 0.734. The van der Waals surface area contributed by atoms with E-state index >= 15 is 0 Å². The molecule has 2 rings (SSSR count). The number of furan rings is 1. The normalized spacial score (nSPS) is 11.6. The molecule has 0 aliphatic heterocycles. The monoisotopic (exact) mass is 262 g/mol. The number of carbonyl (C=O) groups excluding carboxylic acids is 1. The fourth-order valence-electron chi connectivity index (χ4n) is 1.74. The number of benzene rings is 1. The fourth-order valence-corrected chi connectivity index (χ4v) is 1.95. The average Bonchev–Trinajstić information content (AvgIpc) is 2.76. The maximum atomic E-state index is 10.6. The molecular weight excluding hydrogens is 248 g/mol. The fraction of sp³-hybridized carbons (Fsp3) is 0.267. The van der Waals surface area contributed by atoms with Crippen molar-refractivity contribution in [3.05, 3.63) is 46.7 Å². The number of hydrogen-bond acceptors (Lipinski definition) is 2. The van der Waals surface area contributed by atoms with E-state index in [1.54, 1.807) is 12.1 Å². The Kier molecular flexibility index (Phi) is 3.31. The summed E-state index contributed by atoms with van der Waals surface area (Å²) >= 11 is 6.18. The molecule has 0 saturated carbocycles. The van der Waals surface area contributed by atoms with E-state index in [4.69, 9.17) is 16.0 Å². The molecule has 1 aromatic heterocycles. The van der Waals surface area contributed by atoms with Gasteiger partial charge in [0.1, 0.15) is 5.76 Å². The van der Waals surface area contributed by atoms with Crippen LogP contribution in [0.15, 0.2) is 34.7 Å². The van der Waals surface area contributed by atoms with Crippen molar-refractivity contribution in [1.82, 2.24) is 0 Å². The number of aldehydes is 1. The van der Waals surface area contributed by atoms with E-state index in [0.717, 1.165) is 5.56 Å². The van der Waals surface area contributed by atoms with E-state index in [0.29, 0.717) is 22.8 Å². The number of rotatable bonds is 2. The SMILES string of the molecule is CC(C)(C)c1ccc(Cl)c(-c2ccc(C=O)o2)c1. The molecule has 3 heteroatoms. The first-order valence-electron chi connectivity index (χ1n) is 5.77. The highest BCUT2D eigenvalue weighted by atomic mass is 35.5. The van der Waals surface area contributed by atoms with Crippen LogP contribution in [0.1, 0.15) is 36.9 Å². The Morgan fingerprint density at radius 3 is 2.44 bits per heavy atom. The van der Waals surface area contributed by atoms with Crippen molar-refractivity contribution in [1.29, 1.82) is 0 Å². The Labute approximate surface area is 112 Å². The summed E-state index contributed by atoms with van der Waals surface area (Å²) in [5.74, 6) is 0.926. The molecule has 0 amide bonds. The van der Waals surface area contributed by atoms with Gasteiger partial charge in [-0.15, -0.1) is 0 Å². The lowest BCUT2D eigenvalue weighted by atomic mass is 9.86. The standard InChI is InChI=1S/C15H15ClO2/c1-15(2,3)10-4-6-13(16)12(8-10)14-7-5-11(9-17)18-14/h4-9H,1-3H3. The minimum atomic E-state index is 0.0411. The summed E-state index contributed by atoms with van der Waals surface area (Å²) in [6.07, 6.45) is 0.686. The molecule has 0 fully saturated rings. The lowest BCUT2D eigenvalue weighted by Gasteiger charge is -2.20.